The van der Waals surface area contributed by atoms with Gasteiger partial charge in [0, 0.05) is 39.2 Å². The molecule has 0 aliphatic carbocycles. The number of para-hydroxylation sites is 1. The van der Waals surface area contributed by atoms with E-state index in [9.17, 15) is 22.4 Å². The van der Waals surface area contributed by atoms with Gasteiger partial charge in [0.05, 0.1) is 5.69 Å². The second-order valence-electron chi connectivity index (χ2n) is 9.60. The third-order valence-corrected chi connectivity index (χ3v) is 8.28. The SMILES string of the molecule is CCCCNC(=O)[C@@H](Cc1ccccc1)N(Cc1ccccc1F)C(=O)CN(c1ccccc1)S(=O)(=O)N(C)C. The standard InChI is InChI=1S/C30H37FN4O4S/c1-4-5-20-32-30(37)28(21-24-14-8-6-9-15-24)34(22-25-16-12-13-19-27(25)31)29(36)23-35(40(38,39)33(2)3)26-17-10-7-11-18-26/h6-19,28H,4-5,20-23H2,1-3H3,(H,32,37)/t28-/m1/s1. The van der Waals surface area contributed by atoms with Crippen LogP contribution in [-0.4, -0.2) is 62.7 Å². The largest absolute Gasteiger partial charge is 0.354 e. The smallest absolute Gasteiger partial charge is 0.304 e. The first-order chi connectivity index (χ1) is 19.1. The van der Waals surface area contributed by atoms with Crippen LogP contribution in [0.2, 0.25) is 0 Å². The summed E-state index contributed by atoms with van der Waals surface area (Å²) in [6, 6.07) is 22.5. The van der Waals surface area contributed by atoms with Crippen molar-refractivity contribution in [3.8, 4) is 0 Å². The summed E-state index contributed by atoms with van der Waals surface area (Å²) in [6.07, 6.45) is 1.80. The molecular formula is C30H37FN4O4S. The Morgan fingerprint density at radius 3 is 2.10 bits per heavy atom. The number of rotatable bonds is 14. The van der Waals surface area contributed by atoms with Crippen LogP contribution in [0.5, 0.6) is 0 Å². The van der Waals surface area contributed by atoms with Crippen molar-refractivity contribution in [3.63, 3.8) is 0 Å². The summed E-state index contributed by atoms with van der Waals surface area (Å²) in [5.74, 6) is -1.54. The van der Waals surface area contributed by atoms with Crippen molar-refractivity contribution < 1.29 is 22.4 Å². The Bertz CT molecular complexity index is 1350. The highest BCUT2D eigenvalue weighted by molar-refractivity contribution is 7.90. The van der Waals surface area contributed by atoms with Gasteiger partial charge in [-0.2, -0.15) is 12.7 Å². The average Bonchev–Trinajstić information content (AvgIpc) is 2.95. The molecule has 3 aromatic rings. The zero-order valence-electron chi connectivity index (χ0n) is 23.2. The molecule has 3 aromatic carbocycles. The molecule has 1 atom stereocenters. The number of unbranched alkanes of at least 4 members (excludes halogenated alkanes) is 1. The van der Waals surface area contributed by atoms with Crippen molar-refractivity contribution in [2.45, 2.75) is 38.8 Å². The Balaban J connectivity index is 2.06. The monoisotopic (exact) mass is 568 g/mol. The number of nitrogens with zero attached hydrogens (tertiary/aromatic N) is 3. The lowest BCUT2D eigenvalue weighted by Crippen LogP contribution is -2.54. The van der Waals surface area contributed by atoms with Crippen molar-refractivity contribution in [1.82, 2.24) is 14.5 Å². The minimum Gasteiger partial charge on any atom is -0.354 e. The molecule has 0 heterocycles. The number of carbonyl (C=O) groups excluding carboxylic acids is 2. The first-order valence-corrected chi connectivity index (χ1v) is 14.6. The van der Waals surface area contributed by atoms with Crippen LogP contribution in [0.15, 0.2) is 84.9 Å². The first kappa shape index (κ1) is 30.8. The van der Waals surface area contributed by atoms with Crippen LogP contribution in [0.3, 0.4) is 0 Å². The van der Waals surface area contributed by atoms with Crippen molar-refractivity contribution in [2.75, 3.05) is 31.5 Å². The number of anilines is 1. The molecule has 0 radical (unpaired) electrons. The zero-order valence-corrected chi connectivity index (χ0v) is 24.0. The van der Waals surface area contributed by atoms with Crippen LogP contribution < -0.4 is 9.62 Å². The van der Waals surface area contributed by atoms with Gasteiger partial charge in [-0.3, -0.25) is 9.59 Å². The van der Waals surface area contributed by atoms with Crippen molar-refractivity contribution in [1.29, 1.82) is 0 Å². The van der Waals surface area contributed by atoms with Crippen molar-refractivity contribution in [2.24, 2.45) is 0 Å². The third-order valence-electron chi connectivity index (χ3n) is 6.46. The summed E-state index contributed by atoms with van der Waals surface area (Å²) in [7, 11) is -1.32. The molecule has 0 bridgehead atoms. The van der Waals surface area contributed by atoms with E-state index in [0.717, 1.165) is 27.0 Å². The van der Waals surface area contributed by atoms with E-state index in [4.69, 9.17) is 0 Å². The maximum atomic E-state index is 14.8. The highest BCUT2D eigenvalue weighted by Crippen LogP contribution is 2.22. The van der Waals surface area contributed by atoms with Crippen LogP contribution in [0, 0.1) is 5.82 Å². The highest BCUT2D eigenvalue weighted by Gasteiger charge is 2.34. The molecule has 3 rings (SSSR count). The Labute approximate surface area is 236 Å². The summed E-state index contributed by atoms with van der Waals surface area (Å²) in [4.78, 5) is 28.9. The van der Waals surface area contributed by atoms with E-state index in [-0.39, 0.29) is 24.4 Å². The molecule has 0 aliphatic rings. The van der Waals surface area contributed by atoms with Crippen LogP contribution in [-0.2, 0) is 32.8 Å². The molecule has 1 N–H and O–H groups in total. The van der Waals surface area contributed by atoms with E-state index in [1.165, 1.54) is 25.1 Å². The van der Waals surface area contributed by atoms with Gasteiger partial charge in [-0.25, -0.2) is 8.70 Å². The quantitative estimate of drug-likeness (QED) is 0.298. The number of halogens is 1. The van der Waals surface area contributed by atoms with Crippen molar-refractivity contribution in [3.05, 3.63) is 102 Å². The molecule has 0 saturated heterocycles. The van der Waals surface area contributed by atoms with Crippen LogP contribution >= 0.6 is 0 Å². The van der Waals surface area contributed by atoms with E-state index in [1.807, 2.05) is 37.3 Å². The Morgan fingerprint density at radius 1 is 0.900 bits per heavy atom. The molecule has 0 fully saturated rings. The van der Waals surface area contributed by atoms with Gasteiger partial charge >= 0.3 is 10.2 Å². The first-order valence-electron chi connectivity index (χ1n) is 13.2. The lowest BCUT2D eigenvalue weighted by atomic mass is 10.0. The van der Waals surface area contributed by atoms with E-state index in [1.54, 1.807) is 48.5 Å². The Hall–Kier alpha value is -3.76. The maximum Gasteiger partial charge on any atom is 0.304 e. The number of nitrogens with one attached hydrogen (secondary N) is 1. The van der Waals surface area contributed by atoms with Gasteiger partial charge < -0.3 is 10.2 Å². The fourth-order valence-corrected chi connectivity index (χ4v) is 5.24. The van der Waals surface area contributed by atoms with Gasteiger partial charge in [0.15, 0.2) is 0 Å². The normalized spacial score (nSPS) is 12.1. The predicted octanol–water partition coefficient (Wildman–Crippen LogP) is 3.99. The fourth-order valence-electron chi connectivity index (χ4n) is 4.18. The minimum atomic E-state index is -4.08. The summed E-state index contributed by atoms with van der Waals surface area (Å²) >= 11 is 0. The second-order valence-corrected chi connectivity index (χ2v) is 11.7. The van der Waals surface area contributed by atoms with Gasteiger partial charge in [0.1, 0.15) is 18.4 Å². The molecule has 2 amide bonds. The highest BCUT2D eigenvalue weighted by atomic mass is 32.2. The summed E-state index contributed by atoms with van der Waals surface area (Å²) in [5, 5.41) is 2.91. The van der Waals surface area contributed by atoms with Crippen LogP contribution in [0.25, 0.3) is 0 Å². The molecule has 0 aliphatic heterocycles. The van der Waals surface area contributed by atoms with Crippen LogP contribution in [0.4, 0.5) is 10.1 Å². The lowest BCUT2D eigenvalue weighted by molar-refractivity contribution is -0.140. The molecule has 40 heavy (non-hydrogen) atoms. The third kappa shape index (κ3) is 8.12. The average molecular weight is 569 g/mol. The van der Waals surface area contributed by atoms with Gasteiger partial charge in [-0.1, -0.05) is 80.1 Å². The molecule has 0 spiro atoms. The number of carbonyl (C=O) groups is 2. The van der Waals surface area contributed by atoms with E-state index >= 15 is 0 Å². The molecule has 10 heteroatoms. The molecule has 8 nitrogen and oxygen atoms in total. The Kier molecular flexibility index (Phi) is 11.2. The van der Waals surface area contributed by atoms with Gasteiger partial charge in [0.2, 0.25) is 11.8 Å². The topological polar surface area (TPSA) is 90.0 Å². The molecule has 0 unspecified atom stereocenters. The van der Waals surface area contributed by atoms with Crippen molar-refractivity contribution >= 4 is 27.7 Å². The second kappa shape index (κ2) is 14.6. The number of benzene rings is 3. The fraction of sp³-hybridized carbons (Fsp3) is 0.333. The molecular weight excluding hydrogens is 531 g/mol. The van der Waals surface area contributed by atoms with Crippen LogP contribution in [0.1, 0.15) is 30.9 Å². The van der Waals surface area contributed by atoms with Gasteiger partial charge in [-0.15, -0.1) is 0 Å². The molecule has 0 saturated carbocycles. The number of amides is 2. The summed E-state index contributed by atoms with van der Waals surface area (Å²) < 4.78 is 43.5. The maximum absolute atomic E-state index is 14.8. The lowest BCUT2D eigenvalue weighted by Gasteiger charge is -2.34. The zero-order chi connectivity index (χ0) is 29.1. The predicted molar refractivity (Wildman–Crippen MR) is 155 cm³/mol. The Morgan fingerprint density at radius 2 is 1.50 bits per heavy atom. The molecule has 0 aromatic heterocycles. The van der Waals surface area contributed by atoms with E-state index in [2.05, 4.69) is 5.32 Å². The minimum absolute atomic E-state index is 0.171. The molecule has 214 valence electrons. The van der Waals surface area contributed by atoms with E-state index in [0.29, 0.717) is 12.2 Å². The number of hydrogen-bond donors (Lipinski definition) is 1. The summed E-state index contributed by atoms with van der Waals surface area (Å²) in [5.41, 5.74) is 1.32. The van der Waals surface area contributed by atoms with E-state index < -0.39 is 34.5 Å². The number of hydrogen-bond acceptors (Lipinski definition) is 4. The van der Waals surface area contributed by atoms with Gasteiger partial charge in [0.25, 0.3) is 0 Å². The summed E-state index contributed by atoms with van der Waals surface area (Å²) in [6.45, 7) is 1.64. The van der Waals surface area contributed by atoms with Gasteiger partial charge in [-0.05, 0) is 30.2 Å².